The van der Waals surface area contributed by atoms with E-state index < -0.39 is 0 Å². The Morgan fingerprint density at radius 3 is 2.20 bits per heavy atom. The monoisotopic (exact) mass is 320 g/mol. The van der Waals surface area contributed by atoms with Crippen molar-refractivity contribution in [2.75, 3.05) is 4.43 Å². The summed E-state index contributed by atoms with van der Waals surface area (Å²) < 4.78 is 7.75. The molecule has 1 aliphatic heterocycles. The Hall–Kier alpha value is 0.690. The fraction of sp³-hybridized carbons (Fsp3) is 1.00. The average Bonchev–Trinajstić information content (AvgIpc) is 2.69. The molecule has 3 aliphatic rings. The summed E-state index contributed by atoms with van der Waals surface area (Å²) in [6.07, 6.45) is 11.2. The Kier molecular flexibility index (Phi) is 2.41. The molecule has 0 bridgehead atoms. The van der Waals surface area contributed by atoms with Crippen LogP contribution in [-0.4, -0.2) is 15.6 Å². The second kappa shape index (κ2) is 3.34. The smallest absolute Gasteiger partial charge is 0.0752 e. The molecule has 15 heavy (non-hydrogen) atoms. The van der Waals surface area contributed by atoms with Crippen molar-refractivity contribution in [2.24, 2.45) is 5.41 Å². The average molecular weight is 320 g/mol. The third-order valence-electron chi connectivity index (χ3n) is 5.30. The van der Waals surface area contributed by atoms with Crippen molar-refractivity contribution in [1.82, 2.24) is 0 Å². The molecule has 2 atom stereocenters. The van der Waals surface area contributed by atoms with E-state index in [0.29, 0.717) is 11.0 Å². The summed E-state index contributed by atoms with van der Waals surface area (Å²) in [5.41, 5.74) is 1.12. The Balaban J connectivity index is 1.86. The molecule has 0 radical (unpaired) electrons. The standard InChI is InChI=1S/C13H21IO/c1-11(10-14)8-9-13(15-11)7-3-6-12(13)4-2-5-12/h2-10H2,1H3. The number of alkyl halides is 1. The number of halogens is 1. The maximum atomic E-state index is 6.60. The molecule has 2 heteroatoms. The molecule has 0 N–H and O–H groups in total. The van der Waals surface area contributed by atoms with Crippen LogP contribution in [0, 0.1) is 5.41 Å². The minimum Gasteiger partial charge on any atom is -0.367 e. The van der Waals surface area contributed by atoms with Gasteiger partial charge in [-0.3, -0.25) is 0 Å². The van der Waals surface area contributed by atoms with Crippen molar-refractivity contribution in [3.63, 3.8) is 0 Å². The highest BCUT2D eigenvalue weighted by molar-refractivity contribution is 14.1. The molecule has 0 amide bonds. The lowest BCUT2D eigenvalue weighted by molar-refractivity contribution is -0.163. The van der Waals surface area contributed by atoms with Gasteiger partial charge < -0.3 is 4.74 Å². The second-order valence-electron chi connectivity index (χ2n) is 6.17. The summed E-state index contributed by atoms with van der Waals surface area (Å²) in [6, 6.07) is 0. The van der Waals surface area contributed by atoms with E-state index in [2.05, 4.69) is 29.5 Å². The topological polar surface area (TPSA) is 9.23 Å². The number of rotatable bonds is 1. The van der Waals surface area contributed by atoms with Gasteiger partial charge in [0.05, 0.1) is 11.2 Å². The van der Waals surface area contributed by atoms with Gasteiger partial charge >= 0.3 is 0 Å². The van der Waals surface area contributed by atoms with Gasteiger partial charge in [0.15, 0.2) is 0 Å². The molecule has 3 rings (SSSR count). The Labute approximate surface area is 106 Å². The lowest BCUT2D eigenvalue weighted by Crippen LogP contribution is -2.49. The summed E-state index contributed by atoms with van der Waals surface area (Å²) in [5.74, 6) is 0. The summed E-state index contributed by atoms with van der Waals surface area (Å²) >= 11 is 2.49. The largest absolute Gasteiger partial charge is 0.367 e. The van der Waals surface area contributed by atoms with E-state index in [1.54, 1.807) is 0 Å². The molecule has 1 nitrogen and oxygen atoms in total. The van der Waals surface area contributed by atoms with E-state index in [4.69, 9.17) is 4.74 Å². The first kappa shape index (κ1) is 10.8. The molecule has 2 saturated carbocycles. The lowest BCUT2D eigenvalue weighted by atomic mass is 9.59. The highest BCUT2D eigenvalue weighted by Crippen LogP contribution is 2.65. The van der Waals surface area contributed by atoms with Gasteiger partial charge in [0.1, 0.15) is 0 Å². The lowest BCUT2D eigenvalue weighted by Gasteiger charge is -2.51. The fourth-order valence-electron chi connectivity index (χ4n) is 4.20. The maximum Gasteiger partial charge on any atom is 0.0752 e. The predicted octanol–water partition coefficient (Wildman–Crippen LogP) is 4.08. The number of ether oxygens (including phenoxy) is 1. The number of fused-ring (bicyclic) bond motifs is 1. The van der Waals surface area contributed by atoms with E-state index in [1.165, 1.54) is 51.4 Å². The van der Waals surface area contributed by atoms with Gasteiger partial charge in [-0.15, -0.1) is 0 Å². The van der Waals surface area contributed by atoms with E-state index >= 15 is 0 Å². The molecule has 2 aliphatic carbocycles. The zero-order valence-corrected chi connectivity index (χ0v) is 11.8. The number of hydrogen-bond donors (Lipinski definition) is 0. The maximum absolute atomic E-state index is 6.60. The van der Waals surface area contributed by atoms with Crippen LogP contribution >= 0.6 is 22.6 Å². The molecule has 3 fully saturated rings. The summed E-state index contributed by atoms with van der Waals surface area (Å²) in [7, 11) is 0. The molecule has 2 spiro atoms. The third-order valence-corrected chi connectivity index (χ3v) is 6.91. The van der Waals surface area contributed by atoms with Crippen molar-refractivity contribution >= 4 is 22.6 Å². The van der Waals surface area contributed by atoms with Crippen LogP contribution in [0.5, 0.6) is 0 Å². The summed E-state index contributed by atoms with van der Waals surface area (Å²) in [4.78, 5) is 0. The molecule has 0 aromatic carbocycles. The van der Waals surface area contributed by atoms with Crippen molar-refractivity contribution in [2.45, 2.75) is 69.5 Å². The molecule has 1 saturated heterocycles. The second-order valence-corrected chi connectivity index (χ2v) is 6.93. The van der Waals surface area contributed by atoms with Crippen LogP contribution in [0.3, 0.4) is 0 Å². The molecule has 0 aromatic heterocycles. The Morgan fingerprint density at radius 2 is 1.67 bits per heavy atom. The minimum absolute atomic E-state index is 0.188. The van der Waals surface area contributed by atoms with Gasteiger partial charge in [-0.2, -0.15) is 0 Å². The van der Waals surface area contributed by atoms with Crippen LogP contribution in [0.25, 0.3) is 0 Å². The van der Waals surface area contributed by atoms with Crippen molar-refractivity contribution < 1.29 is 4.74 Å². The molecule has 0 aromatic rings. The van der Waals surface area contributed by atoms with Gasteiger partial charge in [-0.05, 0) is 57.3 Å². The summed E-state index contributed by atoms with van der Waals surface area (Å²) in [6.45, 7) is 2.32. The normalized spacial score (nSPS) is 47.6. The van der Waals surface area contributed by atoms with Gasteiger partial charge in [-0.1, -0.05) is 29.0 Å². The van der Waals surface area contributed by atoms with E-state index in [0.717, 1.165) is 4.43 Å². The van der Waals surface area contributed by atoms with Gasteiger partial charge in [-0.25, -0.2) is 0 Å². The van der Waals surface area contributed by atoms with Gasteiger partial charge in [0, 0.05) is 4.43 Å². The van der Waals surface area contributed by atoms with Gasteiger partial charge in [0.25, 0.3) is 0 Å². The number of hydrogen-bond acceptors (Lipinski definition) is 1. The highest BCUT2D eigenvalue weighted by atomic mass is 127. The first-order valence-corrected chi connectivity index (χ1v) is 7.93. The van der Waals surface area contributed by atoms with Crippen LogP contribution in [0.15, 0.2) is 0 Å². The SMILES string of the molecule is CC1(CI)CCC2(CCCC23CCC3)O1. The van der Waals surface area contributed by atoms with Crippen LogP contribution < -0.4 is 0 Å². The quantitative estimate of drug-likeness (QED) is 0.522. The highest BCUT2D eigenvalue weighted by Gasteiger charge is 2.62. The Morgan fingerprint density at radius 1 is 1.00 bits per heavy atom. The molecule has 2 unspecified atom stereocenters. The van der Waals surface area contributed by atoms with Crippen LogP contribution in [0.4, 0.5) is 0 Å². The van der Waals surface area contributed by atoms with Gasteiger partial charge in [0.2, 0.25) is 0 Å². The molecular weight excluding hydrogens is 299 g/mol. The minimum atomic E-state index is 0.188. The first-order chi connectivity index (χ1) is 7.14. The Bertz CT molecular complexity index is 274. The van der Waals surface area contributed by atoms with Crippen LogP contribution in [-0.2, 0) is 4.74 Å². The van der Waals surface area contributed by atoms with Crippen LogP contribution in [0.1, 0.15) is 58.3 Å². The van der Waals surface area contributed by atoms with Crippen molar-refractivity contribution in [3.05, 3.63) is 0 Å². The molecular formula is C13H21IO. The van der Waals surface area contributed by atoms with E-state index in [9.17, 15) is 0 Å². The first-order valence-electron chi connectivity index (χ1n) is 6.40. The zero-order valence-electron chi connectivity index (χ0n) is 9.65. The fourth-order valence-corrected chi connectivity index (χ4v) is 4.74. The van der Waals surface area contributed by atoms with E-state index in [1.807, 2.05) is 0 Å². The molecule has 1 heterocycles. The van der Waals surface area contributed by atoms with E-state index in [-0.39, 0.29) is 5.60 Å². The van der Waals surface area contributed by atoms with Crippen molar-refractivity contribution in [3.8, 4) is 0 Å². The predicted molar refractivity (Wildman–Crippen MR) is 70.5 cm³/mol. The summed E-state index contributed by atoms with van der Waals surface area (Å²) in [5, 5.41) is 0. The molecule has 86 valence electrons. The van der Waals surface area contributed by atoms with Crippen molar-refractivity contribution in [1.29, 1.82) is 0 Å². The third kappa shape index (κ3) is 1.36. The van der Waals surface area contributed by atoms with Crippen LogP contribution in [0.2, 0.25) is 0 Å². The zero-order chi connectivity index (χ0) is 10.6.